The molecule has 0 aliphatic carbocycles. The number of rotatable bonds is 8. The van der Waals surface area contributed by atoms with Crippen molar-refractivity contribution in [2.24, 2.45) is 0 Å². The van der Waals surface area contributed by atoms with Gasteiger partial charge in [-0.3, -0.25) is 14.4 Å². The van der Waals surface area contributed by atoms with E-state index in [1.54, 1.807) is 48.5 Å². The highest BCUT2D eigenvalue weighted by Crippen LogP contribution is 2.16. The second-order valence-corrected chi connectivity index (χ2v) is 6.59. The van der Waals surface area contributed by atoms with Crippen LogP contribution in [0.15, 0.2) is 48.5 Å². The third kappa shape index (κ3) is 5.94. The highest BCUT2D eigenvalue weighted by Gasteiger charge is 2.14. The molecule has 6 nitrogen and oxygen atoms in total. The third-order valence-electron chi connectivity index (χ3n) is 4.11. The fourth-order valence-electron chi connectivity index (χ4n) is 2.88. The van der Waals surface area contributed by atoms with E-state index in [-0.39, 0.29) is 17.7 Å². The van der Waals surface area contributed by atoms with Gasteiger partial charge in [0.1, 0.15) is 0 Å². The van der Waals surface area contributed by atoms with Crippen LogP contribution in [-0.2, 0) is 4.79 Å². The van der Waals surface area contributed by atoms with Gasteiger partial charge in [0.2, 0.25) is 5.91 Å². The van der Waals surface area contributed by atoms with Gasteiger partial charge in [-0.1, -0.05) is 19.9 Å². The van der Waals surface area contributed by atoms with Crippen molar-refractivity contribution in [2.75, 3.05) is 23.7 Å². The molecule has 0 radical (unpaired) electrons. The molecular formula is C22H27N3O3. The number of hydrogen-bond donors (Lipinski definition) is 2. The molecule has 0 aromatic heterocycles. The minimum Gasteiger partial charge on any atom is -0.339 e. The topological polar surface area (TPSA) is 78.5 Å². The van der Waals surface area contributed by atoms with Crippen molar-refractivity contribution in [2.45, 2.75) is 33.6 Å². The molecule has 28 heavy (non-hydrogen) atoms. The molecule has 2 rings (SSSR count). The maximum Gasteiger partial charge on any atom is 0.255 e. The second kappa shape index (κ2) is 10.3. The maximum atomic E-state index is 12.6. The Morgan fingerprint density at radius 2 is 1.46 bits per heavy atom. The van der Waals surface area contributed by atoms with Crippen molar-refractivity contribution in [3.8, 4) is 0 Å². The van der Waals surface area contributed by atoms with Crippen LogP contribution in [0.1, 0.15) is 54.3 Å². The van der Waals surface area contributed by atoms with Crippen LogP contribution in [0.3, 0.4) is 0 Å². The van der Waals surface area contributed by atoms with Gasteiger partial charge in [0.05, 0.1) is 0 Å². The highest BCUT2D eigenvalue weighted by molar-refractivity contribution is 6.05. The summed E-state index contributed by atoms with van der Waals surface area (Å²) in [7, 11) is 0. The lowest BCUT2D eigenvalue weighted by Crippen LogP contribution is -2.32. The Bertz CT molecular complexity index is 825. The van der Waals surface area contributed by atoms with Gasteiger partial charge in [-0.05, 0) is 55.3 Å². The quantitative estimate of drug-likeness (QED) is 0.721. The van der Waals surface area contributed by atoms with Crippen molar-refractivity contribution in [3.05, 3.63) is 59.7 Å². The molecule has 2 aromatic rings. The van der Waals surface area contributed by atoms with E-state index >= 15 is 0 Å². The van der Waals surface area contributed by atoms with Gasteiger partial charge >= 0.3 is 0 Å². The number of nitrogens with one attached hydrogen (secondary N) is 2. The Labute approximate surface area is 165 Å². The number of carbonyl (C=O) groups is 3. The van der Waals surface area contributed by atoms with Crippen LogP contribution in [-0.4, -0.2) is 35.7 Å². The Morgan fingerprint density at radius 3 is 2.04 bits per heavy atom. The fraction of sp³-hybridized carbons (Fsp3) is 0.318. The summed E-state index contributed by atoms with van der Waals surface area (Å²) in [6.07, 6.45) is 1.83. The van der Waals surface area contributed by atoms with Crippen molar-refractivity contribution in [3.63, 3.8) is 0 Å². The molecule has 3 amide bonds. The molecule has 0 saturated heterocycles. The SMILES string of the molecule is CCCN(CCC)C(=O)c1ccc(NC(=O)c2cccc(NC(C)=O)c2)cc1. The Balaban J connectivity index is 2.06. The number of amides is 3. The van der Waals surface area contributed by atoms with E-state index in [0.717, 1.165) is 25.9 Å². The minimum atomic E-state index is -0.287. The molecule has 2 aromatic carbocycles. The molecular weight excluding hydrogens is 354 g/mol. The number of benzene rings is 2. The zero-order valence-electron chi connectivity index (χ0n) is 16.6. The number of nitrogens with zero attached hydrogens (tertiary/aromatic N) is 1. The molecule has 0 saturated carbocycles. The predicted molar refractivity (Wildman–Crippen MR) is 112 cm³/mol. The van der Waals surface area contributed by atoms with Gasteiger partial charge in [-0.15, -0.1) is 0 Å². The van der Waals surface area contributed by atoms with E-state index < -0.39 is 0 Å². The van der Waals surface area contributed by atoms with Gasteiger partial charge in [0.25, 0.3) is 11.8 Å². The molecule has 0 unspecified atom stereocenters. The minimum absolute atomic E-state index is 0.00425. The molecule has 0 atom stereocenters. The van der Waals surface area contributed by atoms with Crippen LogP contribution in [0.4, 0.5) is 11.4 Å². The lowest BCUT2D eigenvalue weighted by atomic mass is 10.1. The standard InChI is InChI=1S/C22H27N3O3/c1-4-13-25(14-5-2)22(28)17-9-11-19(12-10-17)24-21(27)18-7-6-8-20(15-18)23-16(3)26/h6-12,15H,4-5,13-14H2,1-3H3,(H,23,26)(H,24,27). The average Bonchev–Trinajstić information content (AvgIpc) is 2.67. The zero-order valence-corrected chi connectivity index (χ0v) is 16.6. The monoisotopic (exact) mass is 381 g/mol. The molecule has 6 heteroatoms. The molecule has 0 spiro atoms. The van der Waals surface area contributed by atoms with Crippen molar-refractivity contribution in [1.29, 1.82) is 0 Å². The summed E-state index contributed by atoms with van der Waals surface area (Å²) in [6.45, 7) is 6.98. The smallest absolute Gasteiger partial charge is 0.255 e. The molecule has 148 valence electrons. The van der Waals surface area contributed by atoms with E-state index in [2.05, 4.69) is 24.5 Å². The normalized spacial score (nSPS) is 10.2. The summed E-state index contributed by atoms with van der Waals surface area (Å²) in [6, 6.07) is 13.6. The van der Waals surface area contributed by atoms with Gasteiger partial charge in [0.15, 0.2) is 0 Å². The first-order chi connectivity index (χ1) is 13.4. The van der Waals surface area contributed by atoms with Crippen molar-refractivity contribution < 1.29 is 14.4 Å². The Kier molecular flexibility index (Phi) is 7.75. The summed E-state index contributed by atoms with van der Waals surface area (Å²) in [5, 5.41) is 5.46. The molecule has 0 fully saturated rings. The molecule has 2 N–H and O–H groups in total. The average molecular weight is 381 g/mol. The van der Waals surface area contributed by atoms with Crippen LogP contribution < -0.4 is 10.6 Å². The first-order valence-corrected chi connectivity index (χ1v) is 9.53. The van der Waals surface area contributed by atoms with Crippen LogP contribution in [0.2, 0.25) is 0 Å². The molecule has 0 aliphatic heterocycles. The predicted octanol–water partition coefficient (Wildman–Crippen LogP) is 4.16. The van der Waals surface area contributed by atoms with E-state index in [4.69, 9.17) is 0 Å². The second-order valence-electron chi connectivity index (χ2n) is 6.59. The van der Waals surface area contributed by atoms with Gasteiger partial charge < -0.3 is 15.5 Å². The summed E-state index contributed by atoms with van der Waals surface area (Å²) >= 11 is 0. The van der Waals surface area contributed by atoms with E-state index in [9.17, 15) is 14.4 Å². The van der Waals surface area contributed by atoms with Gasteiger partial charge in [-0.25, -0.2) is 0 Å². The van der Waals surface area contributed by atoms with Crippen LogP contribution in [0, 0.1) is 0 Å². The number of anilines is 2. The van der Waals surface area contributed by atoms with Crippen LogP contribution in [0.5, 0.6) is 0 Å². The maximum absolute atomic E-state index is 12.6. The Morgan fingerprint density at radius 1 is 0.821 bits per heavy atom. The number of carbonyl (C=O) groups excluding carboxylic acids is 3. The first-order valence-electron chi connectivity index (χ1n) is 9.53. The summed E-state index contributed by atoms with van der Waals surface area (Å²) in [5.74, 6) is -0.479. The van der Waals surface area contributed by atoms with Gasteiger partial charge in [-0.2, -0.15) is 0 Å². The largest absolute Gasteiger partial charge is 0.339 e. The molecule has 0 bridgehead atoms. The van der Waals surface area contributed by atoms with Crippen LogP contribution >= 0.6 is 0 Å². The van der Waals surface area contributed by atoms with Gasteiger partial charge in [0, 0.05) is 42.5 Å². The van der Waals surface area contributed by atoms with E-state index in [1.165, 1.54) is 6.92 Å². The number of hydrogen-bond acceptors (Lipinski definition) is 3. The lowest BCUT2D eigenvalue weighted by Gasteiger charge is -2.21. The van der Waals surface area contributed by atoms with E-state index in [1.807, 2.05) is 4.90 Å². The summed E-state index contributed by atoms with van der Waals surface area (Å²) in [5.41, 5.74) is 2.20. The van der Waals surface area contributed by atoms with Crippen molar-refractivity contribution in [1.82, 2.24) is 4.90 Å². The highest BCUT2D eigenvalue weighted by atomic mass is 16.2. The van der Waals surface area contributed by atoms with Crippen molar-refractivity contribution >= 4 is 29.1 Å². The zero-order chi connectivity index (χ0) is 20.5. The van der Waals surface area contributed by atoms with Crippen LogP contribution in [0.25, 0.3) is 0 Å². The third-order valence-corrected chi connectivity index (χ3v) is 4.11. The lowest BCUT2D eigenvalue weighted by molar-refractivity contribution is -0.114. The first kappa shape index (κ1) is 21.2. The summed E-state index contributed by atoms with van der Waals surface area (Å²) < 4.78 is 0. The molecule has 0 heterocycles. The van der Waals surface area contributed by atoms with E-state index in [0.29, 0.717) is 22.5 Å². The Hall–Kier alpha value is -3.15. The molecule has 0 aliphatic rings. The summed E-state index contributed by atoms with van der Waals surface area (Å²) in [4.78, 5) is 38.1. The fourth-order valence-corrected chi connectivity index (χ4v) is 2.88.